The first-order valence-corrected chi connectivity index (χ1v) is 7.60. The second-order valence-corrected chi connectivity index (χ2v) is 5.41. The Labute approximate surface area is 155 Å². The van der Waals surface area contributed by atoms with Gasteiger partial charge in [0.05, 0.1) is 30.8 Å². The molecule has 0 radical (unpaired) electrons. The Morgan fingerprint density at radius 1 is 1.43 bits per heavy atom. The molecule has 0 bridgehead atoms. The van der Waals surface area contributed by atoms with Gasteiger partial charge in [0.2, 0.25) is 5.75 Å². The van der Waals surface area contributed by atoms with Crippen LogP contribution in [0.3, 0.4) is 0 Å². The molecule has 0 atom stereocenters. The minimum atomic E-state index is -5.13. The normalized spacial score (nSPS) is 14.3. The maximum absolute atomic E-state index is 12.4. The fourth-order valence-electron chi connectivity index (χ4n) is 2.44. The van der Waals surface area contributed by atoms with Gasteiger partial charge >= 0.3 is 18.0 Å². The molecule has 1 heterocycles. The third-order valence-corrected chi connectivity index (χ3v) is 3.60. The zero-order valence-electron chi connectivity index (χ0n) is 14.3. The minimum Gasteiger partial charge on any atom is -0.466 e. The van der Waals surface area contributed by atoms with E-state index < -0.39 is 34.6 Å². The van der Waals surface area contributed by atoms with E-state index in [9.17, 15) is 32.9 Å². The number of nitrogens with one attached hydrogen (secondary N) is 1. The molecular weight excluding hydrogens is 391 g/mol. The van der Waals surface area contributed by atoms with Crippen molar-refractivity contribution in [2.75, 3.05) is 32.1 Å². The third kappa shape index (κ3) is 4.68. The molecule has 0 fully saturated rings. The predicted molar refractivity (Wildman–Crippen MR) is 86.1 cm³/mol. The van der Waals surface area contributed by atoms with Crippen molar-refractivity contribution in [1.29, 1.82) is 0 Å². The summed E-state index contributed by atoms with van der Waals surface area (Å²) in [6.07, 6.45) is -5.13. The lowest BCUT2D eigenvalue weighted by molar-refractivity contribution is -0.388. The van der Waals surface area contributed by atoms with Crippen molar-refractivity contribution in [2.45, 2.75) is 6.36 Å². The molecule has 0 saturated carbocycles. The Kier molecular flexibility index (Phi) is 6.08. The van der Waals surface area contributed by atoms with Crippen molar-refractivity contribution in [2.24, 2.45) is 0 Å². The zero-order chi connectivity index (χ0) is 21.1. The molecule has 2 rings (SSSR count). The van der Waals surface area contributed by atoms with Crippen molar-refractivity contribution < 1.29 is 42.3 Å². The summed E-state index contributed by atoms with van der Waals surface area (Å²) in [5.74, 6) is -2.57. The Balaban J connectivity index is 2.39. The average molecular weight is 405 g/mol. The van der Waals surface area contributed by atoms with E-state index in [1.54, 1.807) is 0 Å². The van der Waals surface area contributed by atoms with Crippen LogP contribution in [-0.2, 0) is 14.3 Å². The number of amides is 1. The van der Waals surface area contributed by atoms with E-state index in [2.05, 4.69) is 14.8 Å². The summed E-state index contributed by atoms with van der Waals surface area (Å²) >= 11 is 0. The number of methoxy groups -OCH3 is 1. The highest BCUT2D eigenvalue weighted by atomic mass is 19.4. The summed E-state index contributed by atoms with van der Waals surface area (Å²) in [5, 5.41) is 22.5. The number of halogens is 3. The lowest BCUT2D eigenvalue weighted by Crippen LogP contribution is -2.31. The van der Waals surface area contributed by atoms with E-state index in [1.165, 1.54) is 0 Å². The number of rotatable bonds is 7. The molecule has 1 aromatic carbocycles. The number of nitrogens with zero attached hydrogens (tertiary/aromatic N) is 2. The maximum atomic E-state index is 12.4. The summed E-state index contributed by atoms with van der Waals surface area (Å²) in [6, 6.07) is 2.44. The molecule has 1 aromatic rings. The molecule has 1 aliphatic rings. The topological polar surface area (TPSA) is 131 Å². The Morgan fingerprint density at radius 2 is 2.11 bits per heavy atom. The van der Waals surface area contributed by atoms with Gasteiger partial charge in [-0.1, -0.05) is 0 Å². The second kappa shape index (κ2) is 8.12. The van der Waals surface area contributed by atoms with Crippen molar-refractivity contribution >= 4 is 23.3 Å². The van der Waals surface area contributed by atoms with Gasteiger partial charge < -0.3 is 24.8 Å². The number of carbonyl (C=O) groups is 2. The number of nitro benzene ring substituents is 1. The number of aliphatic hydroxyl groups is 1. The summed E-state index contributed by atoms with van der Waals surface area (Å²) in [5.41, 5.74) is -1.49. The van der Waals surface area contributed by atoms with E-state index in [1.807, 2.05) is 0 Å². The van der Waals surface area contributed by atoms with E-state index in [0.717, 1.165) is 24.1 Å². The highest BCUT2D eigenvalue weighted by molar-refractivity contribution is 6.08. The van der Waals surface area contributed by atoms with Crippen LogP contribution in [0, 0.1) is 10.1 Å². The fourth-order valence-corrected chi connectivity index (χ4v) is 2.44. The van der Waals surface area contributed by atoms with Gasteiger partial charge in [0.15, 0.2) is 0 Å². The number of anilines is 1. The van der Waals surface area contributed by atoms with Crippen molar-refractivity contribution in [3.8, 4) is 5.75 Å². The second-order valence-electron chi connectivity index (χ2n) is 5.41. The van der Waals surface area contributed by atoms with Crippen LogP contribution in [0.1, 0.15) is 0 Å². The van der Waals surface area contributed by atoms with Crippen LogP contribution in [-0.4, -0.2) is 60.0 Å². The smallest absolute Gasteiger partial charge is 0.466 e. The van der Waals surface area contributed by atoms with Crippen LogP contribution < -0.4 is 10.1 Å². The van der Waals surface area contributed by atoms with Gasteiger partial charge in [-0.3, -0.25) is 14.9 Å². The number of β-amino-alcohol motifs (C(OH)–C–C–N with tert-alkyl or cyclic N) is 1. The summed E-state index contributed by atoms with van der Waals surface area (Å²) < 4.78 is 45.3. The Bertz CT molecular complexity index is 839. The van der Waals surface area contributed by atoms with Crippen molar-refractivity contribution in [3.05, 3.63) is 39.6 Å². The number of alkyl halides is 3. The summed E-state index contributed by atoms with van der Waals surface area (Å²) in [6.45, 7) is -0.628. The van der Waals surface area contributed by atoms with Crippen molar-refractivity contribution in [3.63, 3.8) is 0 Å². The summed E-state index contributed by atoms with van der Waals surface area (Å²) in [7, 11) is 1.08. The molecule has 1 amide bonds. The fraction of sp³-hybridized carbons (Fsp3) is 0.333. The molecule has 10 nitrogen and oxygen atoms in total. The van der Waals surface area contributed by atoms with Gasteiger partial charge in [-0.15, -0.1) is 13.2 Å². The minimum absolute atomic E-state index is 0.0803. The highest BCUT2D eigenvalue weighted by Crippen LogP contribution is 2.35. The third-order valence-electron chi connectivity index (χ3n) is 3.60. The van der Waals surface area contributed by atoms with Crippen LogP contribution in [0.5, 0.6) is 5.75 Å². The number of hydrogen-bond donors (Lipinski definition) is 2. The van der Waals surface area contributed by atoms with Crippen LogP contribution in [0.2, 0.25) is 0 Å². The van der Waals surface area contributed by atoms with Gasteiger partial charge in [0, 0.05) is 18.3 Å². The van der Waals surface area contributed by atoms with Gasteiger partial charge in [-0.2, -0.15) is 0 Å². The number of aliphatic hydroxyl groups excluding tert-OH is 1. The number of carbonyl (C=O) groups excluding carboxylic acids is 2. The Morgan fingerprint density at radius 3 is 2.64 bits per heavy atom. The molecule has 2 N–H and O–H groups in total. The first-order chi connectivity index (χ1) is 13.1. The van der Waals surface area contributed by atoms with E-state index in [0.29, 0.717) is 6.07 Å². The molecule has 28 heavy (non-hydrogen) atoms. The lowest BCUT2D eigenvalue weighted by atomic mass is 10.2. The van der Waals surface area contributed by atoms with Crippen molar-refractivity contribution in [1.82, 2.24) is 4.90 Å². The maximum Gasteiger partial charge on any atom is 0.573 e. The highest BCUT2D eigenvalue weighted by Gasteiger charge is 2.36. The summed E-state index contributed by atoms with van der Waals surface area (Å²) in [4.78, 5) is 35.4. The Hall–Kier alpha value is -3.35. The molecule has 152 valence electrons. The van der Waals surface area contributed by atoms with E-state index in [4.69, 9.17) is 5.11 Å². The van der Waals surface area contributed by atoms with Gasteiger partial charge in [0.25, 0.3) is 5.91 Å². The number of esters is 1. The van der Waals surface area contributed by atoms with Gasteiger partial charge in [-0.05, 0) is 12.1 Å². The number of nitro groups is 1. The number of hydrogen-bond acceptors (Lipinski definition) is 8. The standard InChI is InChI=1S/C15H14F3N3O7/c1-27-14(24)9-7-20(4-5-22)13(23)12(9)19-8-2-3-11(28-15(16,17)18)10(6-8)21(25)26/h2-3,6,19,22H,4-5,7H2,1H3. The quantitative estimate of drug-likeness (QED) is 0.393. The number of ether oxygens (including phenoxy) is 2. The molecular formula is C15H14F3N3O7. The van der Waals surface area contributed by atoms with Crippen LogP contribution >= 0.6 is 0 Å². The lowest BCUT2D eigenvalue weighted by Gasteiger charge is -2.15. The van der Waals surface area contributed by atoms with E-state index >= 15 is 0 Å². The molecule has 0 aromatic heterocycles. The first-order valence-electron chi connectivity index (χ1n) is 7.60. The molecule has 1 aliphatic heterocycles. The largest absolute Gasteiger partial charge is 0.573 e. The molecule has 0 saturated heterocycles. The predicted octanol–water partition coefficient (Wildman–Crippen LogP) is 1.17. The van der Waals surface area contributed by atoms with Gasteiger partial charge in [0.1, 0.15) is 5.70 Å². The molecule has 13 heteroatoms. The number of benzene rings is 1. The van der Waals surface area contributed by atoms with Crippen LogP contribution in [0.15, 0.2) is 29.5 Å². The molecule has 0 unspecified atom stereocenters. The first kappa shape index (κ1) is 21.0. The van der Waals surface area contributed by atoms with E-state index in [-0.39, 0.29) is 36.7 Å². The van der Waals surface area contributed by atoms with Crippen LogP contribution in [0.25, 0.3) is 0 Å². The van der Waals surface area contributed by atoms with Gasteiger partial charge in [-0.25, -0.2) is 4.79 Å². The zero-order valence-corrected chi connectivity index (χ0v) is 14.3. The van der Waals surface area contributed by atoms with Crippen LogP contribution in [0.4, 0.5) is 24.5 Å². The molecule has 0 spiro atoms. The average Bonchev–Trinajstić information content (AvgIpc) is 2.91. The molecule has 0 aliphatic carbocycles. The monoisotopic (exact) mass is 405 g/mol. The SMILES string of the molecule is COC(=O)C1=C(Nc2ccc(OC(F)(F)F)c([N+](=O)[O-])c2)C(=O)N(CCO)C1.